The van der Waals surface area contributed by atoms with E-state index in [1.807, 2.05) is 35.7 Å². The Morgan fingerprint density at radius 3 is 2.95 bits per heavy atom. The fraction of sp³-hybridized carbons (Fsp3) is 0.357. The predicted molar refractivity (Wildman–Crippen MR) is 81.7 cm³/mol. The third kappa shape index (κ3) is 4.95. The minimum atomic E-state index is -0.415. The fourth-order valence-corrected chi connectivity index (χ4v) is 3.16. The van der Waals surface area contributed by atoms with Gasteiger partial charge in [0, 0.05) is 29.4 Å². The van der Waals surface area contributed by atoms with Crippen LogP contribution in [0.1, 0.15) is 17.9 Å². The van der Waals surface area contributed by atoms with E-state index in [1.165, 1.54) is 0 Å². The van der Waals surface area contributed by atoms with Crippen molar-refractivity contribution >= 4 is 23.1 Å². The molecule has 0 aliphatic rings. The Balaban J connectivity index is 1.69. The molecule has 0 amide bonds. The molecule has 0 saturated heterocycles. The SMILES string of the molecule is CC(CSc1ccccn1)NCC(O)c1cccs1. The average molecular weight is 294 g/mol. The number of hydrogen-bond acceptors (Lipinski definition) is 5. The minimum Gasteiger partial charge on any atom is -0.386 e. The summed E-state index contributed by atoms with van der Waals surface area (Å²) >= 11 is 3.31. The minimum absolute atomic E-state index is 0.335. The van der Waals surface area contributed by atoms with Gasteiger partial charge in [0.1, 0.15) is 6.10 Å². The van der Waals surface area contributed by atoms with Crippen LogP contribution in [-0.4, -0.2) is 28.4 Å². The number of thioether (sulfide) groups is 1. The van der Waals surface area contributed by atoms with Gasteiger partial charge in [-0.05, 0) is 30.5 Å². The molecule has 0 aliphatic carbocycles. The van der Waals surface area contributed by atoms with Crippen LogP contribution in [0.4, 0.5) is 0 Å². The molecule has 2 N–H and O–H groups in total. The summed E-state index contributed by atoms with van der Waals surface area (Å²) in [7, 11) is 0. The van der Waals surface area contributed by atoms with Crippen molar-refractivity contribution in [3.05, 3.63) is 46.8 Å². The van der Waals surface area contributed by atoms with Crippen LogP contribution in [0.2, 0.25) is 0 Å². The standard InChI is InChI=1S/C14H18N2OS2/c1-11(10-19-14-6-2-3-7-15-14)16-9-12(17)13-5-4-8-18-13/h2-8,11-12,16-17H,9-10H2,1H3. The zero-order valence-electron chi connectivity index (χ0n) is 10.8. The molecule has 2 rings (SSSR count). The van der Waals surface area contributed by atoms with Crippen molar-refractivity contribution in [1.29, 1.82) is 0 Å². The maximum atomic E-state index is 9.97. The first-order valence-electron chi connectivity index (χ1n) is 6.24. The van der Waals surface area contributed by atoms with E-state index in [0.29, 0.717) is 12.6 Å². The van der Waals surface area contributed by atoms with Crippen molar-refractivity contribution in [1.82, 2.24) is 10.3 Å². The number of hydrogen-bond donors (Lipinski definition) is 2. The molecule has 0 spiro atoms. The highest BCUT2D eigenvalue weighted by atomic mass is 32.2. The highest BCUT2D eigenvalue weighted by Crippen LogP contribution is 2.18. The molecule has 102 valence electrons. The van der Waals surface area contributed by atoms with Crippen LogP contribution in [0, 0.1) is 0 Å². The number of aromatic nitrogens is 1. The van der Waals surface area contributed by atoms with Gasteiger partial charge in [-0.3, -0.25) is 0 Å². The van der Waals surface area contributed by atoms with Crippen molar-refractivity contribution in [3.63, 3.8) is 0 Å². The number of pyridine rings is 1. The number of aliphatic hydroxyl groups is 1. The Labute approximate surface area is 122 Å². The Bertz CT molecular complexity index is 462. The van der Waals surface area contributed by atoms with E-state index >= 15 is 0 Å². The van der Waals surface area contributed by atoms with Gasteiger partial charge >= 0.3 is 0 Å². The van der Waals surface area contributed by atoms with E-state index < -0.39 is 6.10 Å². The molecule has 0 saturated carbocycles. The summed E-state index contributed by atoms with van der Waals surface area (Å²) in [5, 5.41) is 16.3. The zero-order valence-corrected chi connectivity index (χ0v) is 12.5. The second-order valence-corrected chi connectivity index (χ2v) is 6.34. The Morgan fingerprint density at radius 2 is 2.26 bits per heavy atom. The Kier molecular flexibility index (Phi) is 5.85. The molecule has 0 aliphatic heterocycles. The van der Waals surface area contributed by atoms with Crippen molar-refractivity contribution in [2.24, 2.45) is 0 Å². The lowest BCUT2D eigenvalue weighted by Crippen LogP contribution is -2.32. The van der Waals surface area contributed by atoms with Crippen molar-refractivity contribution in [2.45, 2.75) is 24.1 Å². The molecule has 0 fully saturated rings. The molecular weight excluding hydrogens is 276 g/mol. The lowest BCUT2D eigenvalue weighted by molar-refractivity contribution is 0.175. The summed E-state index contributed by atoms with van der Waals surface area (Å²) in [5.41, 5.74) is 0. The molecule has 2 unspecified atom stereocenters. The van der Waals surface area contributed by atoms with Crippen LogP contribution >= 0.6 is 23.1 Å². The molecule has 2 atom stereocenters. The first-order valence-corrected chi connectivity index (χ1v) is 8.11. The average Bonchev–Trinajstić information content (AvgIpc) is 2.98. The summed E-state index contributed by atoms with van der Waals surface area (Å²) in [6, 6.07) is 10.2. The van der Waals surface area contributed by atoms with E-state index in [4.69, 9.17) is 0 Å². The molecule has 3 nitrogen and oxygen atoms in total. The zero-order chi connectivity index (χ0) is 13.5. The van der Waals surface area contributed by atoms with Crippen molar-refractivity contribution in [2.75, 3.05) is 12.3 Å². The van der Waals surface area contributed by atoms with Crippen LogP contribution in [0.25, 0.3) is 0 Å². The van der Waals surface area contributed by atoms with Gasteiger partial charge < -0.3 is 10.4 Å². The molecular formula is C14H18N2OS2. The molecule has 2 aromatic heterocycles. The summed E-state index contributed by atoms with van der Waals surface area (Å²) in [5.74, 6) is 0.939. The summed E-state index contributed by atoms with van der Waals surface area (Å²) in [4.78, 5) is 5.29. The summed E-state index contributed by atoms with van der Waals surface area (Å²) in [6.45, 7) is 2.71. The van der Waals surface area contributed by atoms with Crippen LogP contribution in [-0.2, 0) is 0 Å². The third-order valence-electron chi connectivity index (χ3n) is 2.65. The normalized spacial score (nSPS) is 14.2. The predicted octanol–water partition coefficient (Wildman–Crippen LogP) is 2.95. The lowest BCUT2D eigenvalue weighted by Gasteiger charge is -2.16. The number of nitrogens with one attached hydrogen (secondary N) is 1. The van der Waals surface area contributed by atoms with E-state index in [0.717, 1.165) is 15.7 Å². The Morgan fingerprint density at radius 1 is 1.37 bits per heavy atom. The van der Waals surface area contributed by atoms with Gasteiger partial charge in [-0.1, -0.05) is 12.1 Å². The first-order chi connectivity index (χ1) is 9.25. The highest BCUT2D eigenvalue weighted by Gasteiger charge is 2.10. The van der Waals surface area contributed by atoms with E-state index in [1.54, 1.807) is 29.3 Å². The van der Waals surface area contributed by atoms with Gasteiger partial charge in [0.05, 0.1) is 5.03 Å². The quantitative estimate of drug-likeness (QED) is 0.771. The van der Waals surface area contributed by atoms with E-state index in [-0.39, 0.29) is 0 Å². The van der Waals surface area contributed by atoms with Crippen molar-refractivity contribution < 1.29 is 5.11 Å². The summed E-state index contributed by atoms with van der Waals surface area (Å²) < 4.78 is 0. The van der Waals surface area contributed by atoms with Crippen LogP contribution in [0.5, 0.6) is 0 Å². The maximum Gasteiger partial charge on any atom is 0.101 e. The molecule has 5 heteroatoms. The monoisotopic (exact) mass is 294 g/mol. The molecule has 19 heavy (non-hydrogen) atoms. The largest absolute Gasteiger partial charge is 0.386 e. The number of thiophene rings is 1. The molecule has 0 bridgehead atoms. The molecule has 0 aromatic carbocycles. The van der Waals surface area contributed by atoms with Crippen molar-refractivity contribution in [3.8, 4) is 0 Å². The first kappa shape index (κ1) is 14.5. The maximum absolute atomic E-state index is 9.97. The number of aliphatic hydroxyl groups excluding tert-OH is 1. The smallest absolute Gasteiger partial charge is 0.101 e. The molecule has 0 radical (unpaired) electrons. The van der Waals surface area contributed by atoms with Crippen LogP contribution in [0.15, 0.2) is 46.9 Å². The molecule has 2 aromatic rings. The van der Waals surface area contributed by atoms with Gasteiger partial charge in [0.15, 0.2) is 0 Å². The Hall–Kier alpha value is -0.880. The van der Waals surface area contributed by atoms with E-state index in [2.05, 4.69) is 17.2 Å². The lowest BCUT2D eigenvalue weighted by atomic mass is 10.2. The number of nitrogens with zero attached hydrogens (tertiary/aromatic N) is 1. The second-order valence-electron chi connectivity index (χ2n) is 4.32. The highest BCUT2D eigenvalue weighted by molar-refractivity contribution is 7.99. The van der Waals surface area contributed by atoms with Gasteiger partial charge in [-0.2, -0.15) is 0 Å². The van der Waals surface area contributed by atoms with Crippen LogP contribution < -0.4 is 5.32 Å². The third-order valence-corrected chi connectivity index (χ3v) is 4.83. The molecule has 2 heterocycles. The second kappa shape index (κ2) is 7.65. The summed E-state index contributed by atoms with van der Waals surface area (Å²) in [6.07, 6.45) is 1.39. The van der Waals surface area contributed by atoms with Gasteiger partial charge in [-0.25, -0.2) is 4.98 Å². The number of rotatable bonds is 7. The topological polar surface area (TPSA) is 45.2 Å². The van der Waals surface area contributed by atoms with Crippen LogP contribution in [0.3, 0.4) is 0 Å². The van der Waals surface area contributed by atoms with Gasteiger partial charge in [0.2, 0.25) is 0 Å². The van der Waals surface area contributed by atoms with Gasteiger partial charge in [-0.15, -0.1) is 23.1 Å². The van der Waals surface area contributed by atoms with E-state index in [9.17, 15) is 5.11 Å². The van der Waals surface area contributed by atoms with Gasteiger partial charge in [0.25, 0.3) is 0 Å². The fourth-order valence-electron chi connectivity index (χ4n) is 1.60.